The maximum Gasteiger partial charge on any atom is 0.417 e. The summed E-state index contributed by atoms with van der Waals surface area (Å²) in [6.07, 6.45) is -14.5. The SMILES string of the molecule is N#Cc1cc(-n2c3ccccc3c3cc(C(F)(F)F)ccc32)c(-c2ccc(C#N)cc2C(F)(F)F)c(-n2c3ccccc3c3cc(C(F)(F)F)ccc32)c1. The Kier molecular flexibility index (Phi) is 7.57. The molecule has 0 aliphatic carbocycles. The summed E-state index contributed by atoms with van der Waals surface area (Å²) < 4.78 is 132. The van der Waals surface area contributed by atoms with Gasteiger partial charge in [0.2, 0.25) is 0 Å². The second kappa shape index (κ2) is 11.9. The number of aromatic nitrogens is 2. The van der Waals surface area contributed by atoms with Crippen molar-refractivity contribution in [3.63, 3.8) is 0 Å². The number of hydrogen-bond donors (Lipinski definition) is 0. The summed E-state index contributed by atoms with van der Waals surface area (Å²) in [5.74, 6) is 0. The topological polar surface area (TPSA) is 57.4 Å². The lowest BCUT2D eigenvalue weighted by Gasteiger charge is -2.23. The zero-order valence-electron chi connectivity index (χ0n) is 27.2. The van der Waals surface area contributed by atoms with Crippen LogP contribution < -0.4 is 0 Å². The molecule has 0 fully saturated rings. The van der Waals surface area contributed by atoms with E-state index in [0.29, 0.717) is 27.9 Å². The van der Waals surface area contributed by atoms with Gasteiger partial charge < -0.3 is 9.13 Å². The molecule has 6 aromatic carbocycles. The van der Waals surface area contributed by atoms with Gasteiger partial charge in [-0.1, -0.05) is 42.5 Å². The van der Waals surface area contributed by atoms with Crippen molar-refractivity contribution in [2.75, 3.05) is 0 Å². The molecule has 0 bridgehead atoms. The fourth-order valence-electron chi connectivity index (χ4n) is 7.19. The number of nitriles is 2. The Balaban J connectivity index is 1.61. The fraction of sp³-hybridized carbons (Fsp3) is 0.0732. The maximum atomic E-state index is 15.1. The van der Waals surface area contributed by atoms with Crippen molar-refractivity contribution in [2.45, 2.75) is 18.5 Å². The third-order valence-corrected chi connectivity index (χ3v) is 9.43. The average molecular weight is 739 g/mol. The highest BCUT2D eigenvalue weighted by Crippen LogP contribution is 2.47. The van der Waals surface area contributed by atoms with Crippen LogP contribution in [0.25, 0.3) is 66.1 Å². The molecule has 54 heavy (non-hydrogen) atoms. The Labute approximate surface area is 298 Å². The summed E-state index contributed by atoms with van der Waals surface area (Å²) in [6.45, 7) is 0. The van der Waals surface area contributed by atoms with Crippen molar-refractivity contribution < 1.29 is 39.5 Å². The summed E-state index contributed by atoms with van der Waals surface area (Å²) >= 11 is 0. The van der Waals surface area contributed by atoms with E-state index in [9.17, 15) is 36.9 Å². The monoisotopic (exact) mass is 738 g/mol. The third-order valence-electron chi connectivity index (χ3n) is 9.43. The first-order chi connectivity index (χ1) is 25.6. The largest absolute Gasteiger partial charge is 0.417 e. The highest BCUT2D eigenvalue weighted by Gasteiger charge is 2.37. The van der Waals surface area contributed by atoms with Crippen molar-refractivity contribution in [3.8, 4) is 34.6 Å². The molecular weight excluding hydrogens is 719 g/mol. The molecule has 4 nitrogen and oxygen atoms in total. The van der Waals surface area contributed by atoms with Crippen LogP contribution in [0.3, 0.4) is 0 Å². The zero-order chi connectivity index (χ0) is 38.3. The molecule has 0 N–H and O–H groups in total. The molecule has 0 atom stereocenters. The lowest BCUT2D eigenvalue weighted by atomic mass is 9.92. The molecule has 0 spiro atoms. The lowest BCUT2D eigenvalue weighted by molar-refractivity contribution is -0.138. The molecular formula is C41H19F9N4. The number of alkyl halides is 9. The van der Waals surface area contributed by atoms with E-state index in [1.807, 2.05) is 6.07 Å². The van der Waals surface area contributed by atoms with Crippen LogP contribution in [0.2, 0.25) is 0 Å². The van der Waals surface area contributed by atoms with Gasteiger partial charge in [0.05, 0.1) is 73.4 Å². The molecule has 0 aliphatic heterocycles. The molecule has 8 aromatic rings. The van der Waals surface area contributed by atoms with Gasteiger partial charge in [0.1, 0.15) is 0 Å². The highest BCUT2D eigenvalue weighted by atomic mass is 19.4. The van der Waals surface area contributed by atoms with E-state index in [1.165, 1.54) is 39.5 Å². The quantitative estimate of drug-likeness (QED) is 0.170. The number of fused-ring (bicyclic) bond motifs is 6. The molecule has 0 unspecified atom stereocenters. The van der Waals surface area contributed by atoms with Crippen LogP contribution in [-0.2, 0) is 18.5 Å². The summed E-state index contributed by atoms with van der Waals surface area (Å²) in [5, 5.41) is 20.9. The van der Waals surface area contributed by atoms with Gasteiger partial charge in [-0.3, -0.25) is 0 Å². The van der Waals surface area contributed by atoms with E-state index in [2.05, 4.69) is 0 Å². The fourth-order valence-corrected chi connectivity index (χ4v) is 7.19. The minimum absolute atomic E-state index is 0.0388. The van der Waals surface area contributed by atoms with E-state index in [4.69, 9.17) is 0 Å². The molecule has 0 radical (unpaired) electrons. The first kappa shape index (κ1) is 34.4. The van der Waals surface area contributed by atoms with E-state index in [1.54, 1.807) is 54.6 Å². The van der Waals surface area contributed by atoms with Crippen LogP contribution in [0.1, 0.15) is 27.8 Å². The summed E-state index contributed by atoms with van der Waals surface area (Å²) in [5.41, 5.74) is -3.27. The average Bonchev–Trinajstić information content (AvgIpc) is 3.65. The summed E-state index contributed by atoms with van der Waals surface area (Å²) in [7, 11) is 0. The van der Waals surface area contributed by atoms with Crippen LogP contribution in [0, 0.1) is 22.7 Å². The lowest BCUT2D eigenvalue weighted by Crippen LogP contribution is -2.11. The summed E-state index contributed by atoms with van der Waals surface area (Å²) in [6, 6.07) is 28.0. The van der Waals surface area contributed by atoms with Crippen LogP contribution >= 0.6 is 0 Å². The Bertz CT molecular complexity index is 2780. The van der Waals surface area contributed by atoms with E-state index in [-0.39, 0.29) is 49.9 Å². The zero-order valence-corrected chi connectivity index (χ0v) is 27.2. The van der Waals surface area contributed by atoms with Gasteiger partial charge in [0.15, 0.2) is 0 Å². The second-order valence-corrected chi connectivity index (χ2v) is 12.5. The third kappa shape index (κ3) is 5.39. The minimum Gasteiger partial charge on any atom is -0.308 e. The van der Waals surface area contributed by atoms with Crippen LogP contribution in [-0.4, -0.2) is 9.13 Å². The number of hydrogen-bond acceptors (Lipinski definition) is 2. The van der Waals surface area contributed by atoms with Crippen molar-refractivity contribution in [2.24, 2.45) is 0 Å². The van der Waals surface area contributed by atoms with Gasteiger partial charge in [0, 0.05) is 27.1 Å². The number of nitrogens with zero attached hydrogens (tertiary/aromatic N) is 4. The highest BCUT2D eigenvalue weighted by molar-refractivity contribution is 6.12. The first-order valence-corrected chi connectivity index (χ1v) is 16.0. The predicted octanol–water partition coefficient (Wildman–Crippen LogP) is 12.3. The van der Waals surface area contributed by atoms with Crippen LogP contribution in [0.5, 0.6) is 0 Å². The maximum absolute atomic E-state index is 15.1. The molecule has 0 aliphatic rings. The molecule has 8 rings (SSSR count). The van der Waals surface area contributed by atoms with Crippen molar-refractivity contribution in [3.05, 3.63) is 143 Å². The van der Waals surface area contributed by atoms with Crippen LogP contribution in [0.15, 0.2) is 115 Å². The Morgan fingerprint density at radius 3 is 1.30 bits per heavy atom. The Morgan fingerprint density at radius 1 is 0.426 bits per heavy atom. The number of benzene rings is 6. The van der Waals surface area contributed by atoms with E-state index >= 15 is 13.2 Å². The molecule has 266 valence electrons. The molecule has 13 heteroatoms. The molecule has 0 saturated heterocycles. The number of halogens is 9. The number of para-hydroxylation sites is 2. The Hall–Kier alpha value is -6.73. The van der Waals surface area contributed by atoms with Crippen LogP contribution in [0.4, 0.5) is 39.5 Å². The molecule has 0 saturated carbocycles. The molecule has 2 aromatic heterocycles. The standard InChI is InChI=1S/C41H19F9N4/c42-39(43,44)24-10-13-34-29(18-24)26-5-1-3-7-32(26)53(34)36-16-23(21-52)17-37(38(36)28-12-9-22(20-51)15-31(28)41(48,49)50)54-33-8-4-2-6-27(33)30-19-25(40(45,46)47)11-14-35(30)54/h1-19H. The van der Waals surface area contributed by atoms with E-state index < -0.39 is 40.8 Å². The predicted molar refractivity (Wildman–Crippen MR) is 185 cm³/mol. The molecule has 0 amide bonds. The smallest absolute Gasteiger partial charge is 0.308 e. The Morgan fingerprint density at radius 2 is 0.870 bits per heavy atom. The van der Waals surface area contributed by atoms with Crippen molar-refractivity contribution in [1.82, 2.24) is 9.13 Å². The second-order valence-electron chi connectivity index (χ2n) is 12.5. The first-order valence-electron chi connectivity index (χ1n) is 16.0. The van der Waals surface area contributed by atoms with E-state index in [0.717, 1.165) is 30.3 Å². The van der Waals surface area contributed by atoms with Crippen molar-refractivity contribution >= 4 is 43.6 Å². The normalized spacial score (nSPS) is 12.5. The van der Waals surface area contributed by atoms with Crippen molar-refractivity contribution in [1.29, 1.82) is 10.5 Å². The van der Waals surface area contributed by atoms with Gasteiger partial charge >= 0.3 is 18.5 Å². The van der Waals surface area contributed by atoms with Gasteiger partial charge in [-0.05, 0) is 78.4 Å². The number of rotatable bonds is 3. The summed E-state index contributed by atoms with van der Waals surface area (Å²) in [4.78, 5) is 0. The van der Waals surface area contributed by atoms with Gasteiger partial charge in [-0.2, -0.15) is 50.0 Å². The minimum atomic E-state index is -5.05. The van der Waals surface area contributed by atoms with Gasteiger partial charge in [0.25, 0.3) is 0 Å². The molecule has 2 heterocycles. The van der Waals surface area contributed by atoms with Gasteiger partial charge in [-0.15, -0.1) is 0 Å². The van der Waals surface area contributed by atoms with Gasteiger partial charge in [-0.25, -0.2) is 0 Å².